The summed E-state index contributed by atoms with van der Waals surface area (Å²) in [5.74, 6) is 2.01. The van der Waals surface area contributed by atoms with Crippen LogP contribution in [0.2, 0.25) is 0 Å². The van der Waals surface area contributed by atoms with E-state index in [-0.39, 0.29) is 34.8 Å². The van der Waals surface area contributed by atoms with Crippen molar-refractivity contribution in [3.63, 3.8) is 0 Å². The maximum Gasteiger partial charge on any atom is 0.258 e. The molecule has 0 atom stereocenters. The molecule has 2 heterocycles. The first kappa shape index (κ1) is 46.2. The molecule has 332 valence electrons. The maximum atomic E-state index is 13.6. The second-order valence-electron chi connectivity index (χ2n) is 17.2. The van der Waals surface area contributed by atoms with Gasteiger partial charge < -0.3 is 44.0 Å². The van der Waals surface area contributed by atoms with Gasteiger partial charge in [-0.2, -0.15) is 0 Å². The fourth-order valence-electron chi connectivity index (χ4n) is 7.68. The minimum atomic E-state index is -0.255. The largest absolute Gasteiger partial charge is 0.508 e. The Morgan fingerprint density at radius 2 is 1.19 bits per heavy atom. The molecule has 0 bridgehead atoms. The number of fused-ring (bicyclic) bond motifs is 2. The smallest absolute Gasteiger partial charge is 0.258 e. The quantitative estimate of drug-likeness (QED) is 0.107. The fourth-order valence-corrected chi connectivity index (χ4v) is 7.68. The number of carbonyl (C=O) groups excluding carboxylic acids is 2. The summed E-state index contributed by atoms with van der Waals surface area (Å²) in [5.41, 5.74) is 9.55. The third-order valence-electron chi connectivity index (χ3n) is 11.3. The third-order valence-corrected chi connectivity index (χ3v) is 11.3. The van der Waals surface area contributed by atoms with Crippen LogP contribution in [0.15, 0.2) is 97.6 Å². The number of aromatic hydroxyl groups is 2. The van der Waals surface area contributed by atoms with Crippen molar-refractivity contribution in [1.82, 2.24) is 19.6 Å². The number of phenolic OH excluding ortho intramolecular Hbond substituents is 2. The molecular weight excluding hydrogens is 793 g/mol. The first-order valence-electron chi connectivity index (χ1n) is 21.5. The highest BCUT2D eigenvalue weighted by molar-refractivity contribution is 5.98. The second kappa shape index (κ2) is 20.7. The van der Waals surface area contributed by atoms with Gasteiger partial charge in [-0.1, -0.05) is 75.0 Å². The van der Waals surface area contributed by atoms with Crippen LogP contribution in [0.4, 0.5) is 0 Å². The SMILES string of the molecule is C=C(C)c1cc(C(=O)N2Cc3cccc(OCCN(C)C)c3C2)c(C)cc1OCc1ccccc1.CC(C)c1cc(C(=O)N2Cc3cccc(OCCN(C)C)c3C2)c(O)cc1O. The van der Waals surface area contributed by atoms with Gasteiger partial charge in [0.15, 0.2) is 0 Å². The van der Waals surface area contributed by atoms with Crippen LogP contribution in [0, 0.1) is 6.92 Å². The van der Waals surface area contributed by atoms with Crippen LogP contribution in [-0.4, -0.2) is 96.1 Å². The molecule has 11 nitrogen and oxygen atoms in total. The minimum Gasteiger partial charge on any atom is -0.508 e. The van der Waals surface area contributed by atoms with Crippen molar-refractivity contribution in [3.8, 4) is 28.7 Å². The lowest BCUT2D eigenvalue weighted by atomic mass is 9.98. The van der Waals surface area contributed by atoms with Gasteiger partial charge in [-0.25, -0.2) is 0 Å². The number of benzene rings is 5. The molecule has 2 aliphatic rings. The summed E-state index contributed by atoms with van der Waals surface area (Å²) in [6.07, 6.45) is 0. The molecule has 2 N–H and O–H groups in total. The lowest BCUT2D eigenvalue weighted by Gasteiger charge is -2.20. The summed E-state index contributed by atoms with van der Waals surface area (Å²) in [7, 11) is 8.04. The Kier molecular flexibility index (Phi) is 15.2. The predicted octanol–water partition coefficient (Wildman–Crippen LogP) is 9.02. The second-order valence-corrected chi connectivity index (χ2v) is 17.2. The molecule has 0 aliphatic carbocycles. The summed E-state index contributed by atoms with van der Waals surface area (Å²) in [4.78, 5) is 34.4. The Morgan fingerprint density at radius 3 is 1.70 bits per heavy atom. The van der Waals surface area contributed by atoms with Crippen LogP contribution in [0.3, 0.4) is 0 Å². The van der Waals surface area contributed by atoms with Crippen molar-refractivity contribution in [2.45, 2.75) is 66.4 Å². The lowest BCUT2D eigenvalue weighted by Crippen LogP contribution is -2.26. The van der Waals surface area contributed by atoms with Crippen molar-refractivity contribution in [2.24, 2.45) is 0 Å². The van der Waals surface area contributed by atoms with Crippen molar-refractivity contribution in [2.75, 3.05) is 54.5 Å². The molecule has 0 fully saturated rings. The molecule has 0 saturated heterocycles. The van der Waals surface area contributed by atoms with E-state index in [2.05, 4.69) is 22.4 Å². The van der Waals surface area contributed by atoms with E-state index in [4.69, 9.17) is 14.2 Å². The number of rotatable bonds is 15. The first-order chi connectivity index (χ1) is 30.1. The molecule has 5 aromatic carbocycles. The van der Waals surface area contributed by atoms with E-state index in [0.29, 0.717) is 57.1 Å². The molecule has 7 rings (SSSR count). The molecule has 0 saturated carbocycles. The summed E-state index contributed by atoms with van der Waals surface area (Å²) in [6.45, 7) is 17.2. The summed E-state index contributed by atoms with van der Waals surface area (Å²) in [5, 5.41) is 20.3. The van der Waals surface area contributed by atoms with Gasteiger partial charge in [-0.15, -0.1) is 0 Å². The van der Waals surface area contributed by atoms with Crippen LogP contribution in [0.1, 0.15) is 91.9 Å². The van der Waals surface area contributed by atoms with Gasteiger partial charge in [0.05, 0.1) is 18.7 Å². The standard InChI is InChI=1S/C30H34N2O3.C22H28N2O4/c1-21(2)25-17-26(22(3)16-29(25)35-20-23-10-7-6-8-11-23)30(33)32-18-24-12-9-13-28(27(24)19-32)34-15-14-31(4)5;1-14(2)16-10-17(20(26)11-19(16)25)22(27)24-12-15-6-5-7-21(18(15)13-24)28-9-8-23(3)4/h6-13,16-17H,1,14-15,18-20H2,2-5H3;5-7,10-11,14,25-26H,8-9,12-13H2,1-4H3. The monoisotopic (exact) mass is 854 g/mol. The summed E-state index contributed by atoms with van der Waals surface area (Å²) < 4.78 is 18.1. The number of nitrogens with zero attached hydrogens (tertiary/aromatic N) is 4. The fraction of sp³-hybridized carbons (Fsp3) is 0.346. The zero-order valence-corrected chi connectivity index (χ0v) is 38.0. The predicted molar refractivity (Wildman–Crippen MR) is 249 cm³/mol. The van der Waals surface area contributed by atoms with Gasteiger partial charge in [0, 0.05) is 54.5 Å². The van der Waals surface area contributed by atoms with E-state index in [1.54, 1.807) is 11.0 Å². The average Bonchev–Trinajstić information content (AvgIpc) is 3.89. The van der Waals surface area contributed by atoms with E-state index in [9.17, 15) is 19.8 Å². The van der Waals surface area contributed by atoms with Gasteiger partial charge >= 0.3 is 0 Å². The normalized spacial score (nSPS) is 12.9. The maximum absolute atomic E-state index is 13.6. The molecule has 0 unspecified atom stereocenters. The van der Waals surface area contributed by atoms with Crippen molar-refractivity contribution in [3.05, 3.63) is 153 Å². The topological polar surface area (TPSA) is 115 Å². The van der Waals surface area contributed by atoms with Gasteiger partial charge in [0.1, 0.15) is 48.6 Å². The van der Waals surface area contributed by atoms with E-state index in [1.807, 2.05) is 134 Å². The van der Waals surface area contributed by atoms with Crippen LogP contribution in [-0.2, 0) is 32.8 Å². The zero-order valence-electron chi connectivity index (χ0n) is 38.0. The molecule has 0 radical (unpaired) electrons. The van der Waals surface area contributed by atoms with Gasteiger partial charge in [-0.05, 0) is 112 Å². The average molecular weight is 855 g/mol. The van der Waals surface area contributed by atoms with Crippen LogP contribution < -0.4 is 14.2 Å². The van der Waals surface area contributed by atoms with E-state index in [1.165, 1.54) is 6.07 Å². The number of aryl methyl sites for hydroxylation is 1. The Morgan fingerprint density at radius 1 is 0.651 bits per heavy atom. The number of allylic oxidation sites excluding steroid dienone is 1. The van der Waals surface area contributed by atoms with Gasteiger partial charge in [-0.3, -0.25) is 9.59 Å². The van der Waals surface area contributed by atoms with E-state index < -0.39 is 0 Å². The van der Waals surface area contributed by atoms with E-state index in [0.717, 1.165) is 74.9 Å². The minimum absolute atomic E-state index is 0.00494. The molecule has 5 aromatic rings. The Labute approximate surface area is 372 Å². The number of likely N-dealkylation sites (N-methyl/N-ethyl adjacent to an activating group) is 2. The number of ether oxygens (including phenoxy) is 3. The lowest BCUT2D eigenvalue weighted by molar-refractivity contribution is 0.0741. The molecule has 63 heavy (non-hydrogen) atoms. The van der Waals surface area contributed by atoms with Gasteiger partial charge in [0.25, 0.3) is 11.8 Å². The molecule has 2 aliphatic heterocycles. The highest BCUT2D eigenvalue weighted by atomic mass is 16.5. The van der Waals surface area contributed by atoms with Crippen LogP contribution in [0.5, 0.6) is 28.7 Å². The van der Waals surface area contributed by atoms with Crippen LogP contribution in [0.25, 0.3) is 5.57 Å². The summed E-state index contributed by atoms with van der Waals surface area (Å²) in [6, 6.07) is 28.7. The van der Waals surface area contributed by atoms with Gasteiger partial charge in [0.2, 0.25) is 0 Å². The Hall–Kier alpha value is -6.30. The van der Waals surface area contributed by atoms with Crippen molar-refractivity contribution in [1.29, 1.82) is 0 Å². The molecule has 0 aromatic heterocycles. The summed E-state index contributed by atoms with van der Waals surface area (Å²) >= 11 is 0. The number of carbonyl (C=O) groups is 2. The molecular formula is C52H62N4O7. The molecule has 2 amide bonds. The van der Waals surface area contributed by atoms with Crippen molar-refractivity contribution >= 4 is 17.4 Å². The number of amides is 2. The third kappa shape index (κ3) is 11.4. The van der Waals surface area contributed by atoms with E-state index >= 15 is 0 Å². The highest BCUT2D eigenvalue weighted by Gasteiger charge is 2.30. The Balaban J connectivity index is 0.000000215. The van der Waals surface area contributed by atoms with Crippen molar-refractivity contribution < 1.29 is 34.0 Å². The zero-order chi connectivity index (χ0) is 45.4. The molecule has 11 heteroatoms. The highest BCUT2D eigenvalue weighted by Crippen LogP contribution is 2.37. The Bertz CT molecular complexity index is 2430. The number of hydrogen-bond donors (Lipinski definition) is 2. The van der Waals surface area contributed by atoms with Crippen LogP contribution >= 0.6 is 0 Å². The first-order valence-corrected chi connectivity index (χ1v) is 21.5. The number of phenols is 2. The molecule has 0 spiro atoms. The number of hydrogen-bond acceptors (Lipinski definition) is 9.